The summed E-state index contributed by atoms with van der Waals surface area (Å²) >= 11 is 0.768. The van der Waals surface area contributed by atoms with Crippen LogP contribution >= 0.6 is 11.8 Å². The number of hydrogen-bond acceptors (Lipinski definition) is 5. The number of rotatable bonds is 6. The number of Topliss-reactive ketones (excluding diaryl/α,β-unsaturated/α-hetero) is 1. The van der Waals surface area contributed by atoms with E-state index in [-0.39, 0.29) is 29.1 Å². The van der Waals surface area contributed by atoms with Crippen LogP contribution in [0.2, 0.25) is 0 Å². The summed E-state index contributed by atoms with van der Waals surface area (Å²) in [7, 11) is 1.42. The fourth-order valence-corrected chi connectivity index (χ4v) is 3.54. The highest BCUT2D eigenvalue weighted by atomic mass is 32.2. The molecule has 1 aliphatic heterocycles. The van der Waals surface area contributed by atoms with E-state index in [9.17, 15) is 27.6 Å². The van der Waals surface area contributed by atoms with E-state index < -0.39 is 22.9 Å². The summed E-state index contributed by atoms with van der Waals surface area (Å²) in [6.07, 6.45) is -2.58. The predicted molar refractivity (Wildman–Crippen MR) is 106 cm³/mol. The summed E-state index contributed by atoms with van der Waals surface area (Å²) in [6.45, 7) is 0. The second-order valence-corrected chi connectivity index (χ2v) is 7.44. The van der Waals surface area contributed by atoms with Crippen molar-refractivity contribution in [2.45, 2.75) is 19.0 Å². The summed E-state index contributed by atoms with van der Waals surface area (Å²) in [6, 6.07) is 9.45. The molecule has 2 aromatic carbocycles. The maximum absolute atomic E-state index is 12.7. The highest BCUT2D eigenvalue weighted by Crippen LogP contribution is 2.30. The van der Waals surface area contributed by atoms with Crippen molar-refractivity contribution >= 4 is 34.8 Å². The molecular formula is C21H16F3NO4S. The molecule has 0 radical (unpaired) electrons. The van der Waals surface area contributed by atoms with Crippen LogP contribution < -0.4 is 10.1 Å². The summed E-state index contributed by atoms with van der Waals surface area (Å²) in [4.78, 5) is 35.9. The average Bonchev–Trinajstić information content (AvgIpc) is 3.02. The lowest BCUT2D eigenvalue weighted by atomic mass is 9.99. The fraction of sp³-hybridized carbons (Fsp3) is 0.190. The molecule has 2 aromatic rings. The number of methoxy groups -OCH3 is 1. The first kappa shape index (κ1) is 21.6. The number of carbonyl (C=O) groups excluding carboxylic acids is 3. The minimum absolute atomic E-state index is 0.0650. The van der Waals surface area contributed by atoms with E-state index in [0.717, 1.165) is 23.9 Å². The average molecular weight is 435 g/mol. The molecule has 1 aliphatic rings. The number of thioether (sulfide) groups is 1. The van der Waals surface area contributed by atoms with Crippen molar-refractivity contribution < 1.29 is 32.3 Å². The number of alkyl halides is 3. The van der Waals surface area contributed by atoms with Crippen molar-refractivity contribution in [3.8, 4) is 5.75 Å². The van der Waals surface area contributed by atoms with E-state index in [1.807, 2.05) is 0 Å². The number of nitrogens with one attached hydrogen (secondary N) is 1. The number of amides is 2. The molecule has 3 rings (SSSR count). The molecule has 1 saturated heterocycles. The van der Waals surface area contributed by atoms with Crippen LogP contribution in [0, 0.1) is 0 Å². The SMILES string of the molecule is COc1ccc(/C=C2\SC(=O)NC2=O)cc1C(=O)CCc1ccc(C(F)(F)F)cc1. The van der Waals surface area contributed by atoms with E-state index in [1.54, 1.807) is 18.2 Å². The lowest BCUT2D eigenvalue weighted by molar-refractivity contribution is -0.137. The van der Waals surface area contributed by atoms with Gasteiger partial charge in [-0.3, -0.25) is 19.7 Å². The number of aryl methyl sites for hydroxylation is 1. The van der Waals surface area contributed by atoms with Crippen molar-refractivity contribution in [2.75, 3.05) is 7.11 Å². The van der Waals surface area contributed by atoms with Crippen molar-refractivity contribution in [3.63, 3.8) is 0 Å². The van der Waals surface area contributed by atoms with Gasteiger partial charge in [-0.25, -0.2) is 0 Å². The highest BCUT2D eigenvalue weighted by molar-refractivity contribution is 8.18. The molecule has 0 unspecified atom stereocenters. The Hall–Kier alpha value is -3.07. The van der Waals surface area contributed by atoms with Crippen LogP contribution in [0.15, 0.2) is 47.4 Å². The number of benzene rings is 2. The maximum Gasteiger partial charge on any atom is 0.416 e. The molecule has 30 heavy (non-hydrogen) atoms. The zero-order chi connectivity index (χ0) is 21.9. The molecular weight excluding hydrogens is 419 g/mol. The third kappa shape index (κ3) is 5.10. The van der Waals surface area contributed by atoms with E-state index >= 15 is 0 Å². The number of ketones is 1. The third-order valence-electron chi connectivity index (χ3n) is 4.39. The van der Waals surface area contributed by atoms with Gasteiger partial charge in [-0.05, 0) is 59.7 Å². The first-order valence-electron chi connectivity index (χ1n) is 8.79. The van der Waals surface area contributed by atoms with Crippen LogP contribution in [0.3, 0.4) is 0 Å². The van der Waals surface area contributed by atoms with E-state index in [4.69, 9.17) is 4.74 Å². The smallest absolute Gasteiger partial charge is 0.416 e. The zero-order valence-corrected chi connectivity index (χ0v) is 16.5. The second kappa shape index (κ2) is 8.74. The third-order valence-corrected chi connectivity index (χ3v) is 5.20. The molecule has 1 fully saturated rings. The minimum Gasteiger partial charge on any atom is -0.496 e. The minimum atomic E-state index is -4.41. The summed E-state index contributed by atoms with van der Waals surface area (Å²) < 4.78 is 43.2. The van der Waals surface area contributed by atoms with Gasteiger partial charge in [0.1, 0.15) is 5.75 Å². The summed E-state index contributed by atoms with van der Waals surface area (Å²) in [5, 5.41) is 1.69. The molecule has 0 aliphatic carbocycles. The molecule has 0 atom stereocenters. The molecule has 1 N–H and O–H groups in total. The van der Waals surface area contributed by atoms with Gasteiger partial charge in [0.15, 0.2) is 5.78 Å². The van der Waals surface area contributed by atoms with Gasteiger partial charge in [0.2, 0.25) is 0 Å². The Morgan fingerprint density at radius 2 is 1.83 bits per heavy atom. The van der Waals surface area contributed by atoms with E-state index in [1.165, 1.54) is 25.3 Å². The van der Waals surface area contributed by atoms with Crippen molar-refractivity contribution in [2.24, 2.45) is 0 Å². The highest BCUT2D eigenvalue weighted by Gasteiger charge is 2.30. The number of halogens is 3. The second-order valence-electron chi connectivity index (χ2n) is 6.43. The van der Waals surface area contributed by atoms with E-state index in [2.05, 4.69) is 5.32 Å². The van der Waals surface area contributed by atoms with Crippen molar-refractivity contribution in [1.82, 2.24) is 5.32 Å². The Balaban J connectivity index is 1.75. The number of imide groups is 1. The Morgan fingerprint density at radius 1 is 1.13 bits per heavy atom. The van der Waals surface area contributed by atoms with Crippen LogP contribution in [-0.2, 0) is 17.4 Å². The van der Waals surface area contributed by atoms with Crippen LogP contribution in [-0.4, -0.2) is 24.0 Å². The first-order chi connectivity index (χ1) is 14.2. The maximum atomic E-state index is 12.7. The molecule has 0 saturated carbocycles. The monoisotopic (exact) mass is 435 g/mol. The Bertz CT molecular complexity index is 1030. The summed E-state index contributed by atoms with van der Waals surface area (Å²) in [5.74, 6) is -0.420. The fourth-order valence-electron chi connectivity index (χ4n) is 2.86. The first-order valence-corrected chi connectivity index (χ1v) is 9.61. The topological polar surface area (TPSA) is 72.5 Å². The van der Waals surface area contributed by atoms with Crippen LogP contribution in [0.1, 0.15) is 33.5 Å². The Morgan fingerprint density at radius 3 is 2.40 bits per heavy atom. The van der Waals surface area contributed by atoms with E-state index in [0.29, 0.717) is 16.9 Å². The largest absolute Gasteiger partial charge is 0.496 e. The molecule has 5 nitrogen and oxygen atoms in total. The number of ether oxygens (including phenoxy) is 1. The number of hydrogen-bond donors (Lipinski definition) is 1. The predicted octanol–water partition coefficient (Wildman–Crippen LogP) is 4.85. The summed E-state index contributed by atoms with van der Waals surface area (Å²) in [5.41, 5.74) is 0.688. The van der Waals surface area contributed by atoms with Gasteiger partial charge in [-0.2, -0.15) is 13.2 Å². The Labute approximate surface area is 174 Å². The van der Waals surface area contributed by atoms with Gasteiger partial charge in [-0.15, -0.1) is 0 Å². The molecule has 0 aromatic heterocycles. The molecule has 156 valence electrons. The molecule has 9 heteroatoms. The molecule has 0 spiro atoms. The van der Waals surface area contributed by atoms with Gasteiger partial charge >= 0.3 is 6.18 Å². The lowest BCUT2D eigenvalue weighted by Gasteiger charge is -2.10. The van der Waals surface area contributed by atoms with Crippen molar-refractivity contribution in [1.29, 1.82) is 0 Å². The van der Waals surface area contributed by atoms with Gasteiger partial charge in [0, 0.05) is 6.42 Å². The lowest BCUT2D eigenvalue weighted by Crippen LogP contribution is -2.17. The normalized spacial score (nSPS) is 15.4. The van der Waals surface area contributed by atoms with Gasteiger partial charge in [0.25, 0.3) is 11.1 Å². The van der Waals surface area contributed by atoms with Crippen LogP contribution in [0.5, 0.6) is 5.75 Å². The molecule has 1 heterocycles. The van der Waals surface area contributed by atoms with Gasteiger partial charge in [-0.1, -0.05) is 18.2 Å². The van der Waals surface area contributed by atoms with Gasteiger partial charge < -0.3 is 4.74 Å². The number of carbonyl (C=O) groups is 3. The van der Waals surface area contributed by atoms with Crippen LogP contribution in [0.25, 0.3) is 6.08 Å². The quantitative estimate of drug-likeness (QED) is 0.519. The molecule has 2 amide bonds. The standard InChI is InChI=1S/C21H16F3NO4S/c1-29-17-9-5-13(11-18-19(27)25-20(28)30-18)10-15(17)16(26)8-4-12-2-6-14(7-3-12)21(22,23)24/h2-3,5-7,9-11H,4,8H2,1H3,(H,25,27,28)/b18-11-. The Kier molecular flexibility index (Phi) is 6.31. The van der Waals surface area contributed by atoms with Gasteiger partial charge in [0.05, 0.1) is 23.1 Å². The molecule has 0 bridgehead atoms. The zero-order valence-electron chi connectivity index (χ0n) is 15.7. The van der Waals surface area contributed by atoms with Crippen molar-refractivity contribution in [3.05, 3.63) is 69.6 Å². The van der Waals surface area contributed by atoms with Crippen LogP contribution in [0.4, 0.5) is 18.0 Å².